The predicted molar refractivity (Wildman–Crippen MR) is 113 cm³/mol. The number of aryl methyl sites for hydroxylation is 1. The topological polar surface area (TPSA) is 88.4 Å². The van der Waals surface area contributed by atoms with Crippen LogP contribution in [0, 0.1) is 18.3 Å². The van der Waals surface area contributed by atoms with Crippen molar-refractivity contribution < 1.29 is 19.1 Å². The van der Waals surface area contributed by atoms with Gasteiger partial charge in [-0.1, -0.05) is 17.7 Å². The fraction of sp³-hybridized carbons (Fsp3) is 0.250. The van der Waals surface area contributed by atoms with Crippen LogP contribution < -0.4 is 14.8 Å². The number of thioether (sulfide) groups is 1. The number of esters is 1. The van der Waals surface area contributed by atoms with Gasteiger partial charge in [-0.15, -0.1) is 11.8 Å². The molecular formula is C20H19BrN2O4S. The SMILES string of the molecule is CCOc1cc(C#N)cc(Br)c1OC(=O)CSCC(=O)Nc1ccc(C)cc1. The van der Waals surface area contributed by atoms with Crippen molar-refractivity contribution >= 4 is 45.3 Å². The van der Waals surface area contributed by atoms with E-state index in [1.54, 1.807) is 13.0 Å². The van der Waals surface area contributed by atoms with Crippen molar-refractivity contribution in [1.82, 2.24) is 0 Å². The Morgan fingerprint density at radius 1 is 1.21 bits per heavy atom. The van der Waals surface area contributed by atoms with Crippen LogP contribution in [0.5, 0.6) is 11.5 Å². The lowest BCUT2D eigenvalue weighted by molar-refractivity contribution is -0.131. The number of amides is 1. The number of anilines is 1. The first kappa shape index (κ1) is 21.8. The van der Waals surface area contributed by atoms with Gasteiger partial charge >= 0.3 is 5.97 Å². The predicted octanol–water partition coefficient (Wildman–Crippen LogP) is 4.31. The van der Waals surface area contributed by atoms with E-state index in [9.17, 15) is 9.59 Å². The zero-order valence-corrected chi connectivity index (χ0v) is 17.9. The Morgan fingerprint density at radius 2 is 1.93 bits per heavy atom. The second kappa shape index (κ2) is 10.7. The van der Waals surface area contributed by atoms with Crippen LogP contribution in [0.15, 0.2) is 40.9 Å². The Hall–Kier alpha value is -2.50. The fourth-order valence-electron chi connectivity index (χ4n) is 2.20. The lowest BCUT2D eigenvalue weighted by atomic mass is 10.2. The zero-order chi connectivity index (χ0) is 20.5. The van der Waals surface area contributed by atoms with Gasteiger partial charge in [0.25, 0.3) is 0 Å². The van der Waals surface area contributed by atoms with Gasteiger partial charge in [-0.25, -0.2) is 0 Å². The molecule has 8 heteroatoms. The number of carbonyl (C=O) groups excluding carboxylic acids is 2. The van der Waals surface area contributed by atoms with Gasteiger partial charge in [-0.05, 0) is 48.0 Å². The lowest BCUT2D eigenvalue weighted by Gasteiger charge is -2.12. The van der Waals surface area contributed by atoms with Crippen molar-refractivity contribution in [1.29, 1.82) is 5.26 Å². The number of nitriles is 1. The molecule has 0 spiro atoms. The molecule has 0 aromatic heterocycles. The highest BCUT2D eigenvalue weighted by Gasteiger charge is 2.16. The molecule has 0 saturated carbocycles. The van der Waals surface area contributed by atoms with Crippen LogP contribution in [0.4, 0.5) is 5.69 Å². The Balaban J connectivity index is 1.88. The Bertz CT molecular complexity index is 894. The van der Waals surface area contributed by atoms with E-state index in [1.807, 2.05) is 37.3 Å². The number of carbonyl (C=O) groups is 2. The van der Waals surface area contributed by atoms with Gasteiger partial charge in [0.05, 0.1) is 34.2 Å². The number of hydrogen-bond acceptors (Lipinski definition) is 6. The third-order valence-corrected chi connectivity index (χ3v) is 4.94. The third kappa shape index (κ3) is 6.59. The summed E-state index contributed by atoms with van der Waals surface area (Å²) in [5.74, 6) is -0.0648. The lowest BCUT2D eigenvalue weighted by Crippen LogP contribution is -2.17. The maximum atomic E-state index is 12.1. The zero-order valence-electron chi connectivity index (χ0n) is 15.5. The van der Waals surface area contributed by atoms with E-state index in [0.717, 1.165) is 17.3 Å². The van der Waals surface area contributed by atoms with Gasteiger partial charge in [0.2, 0.25) is 5.91 Å². The molecule has 2 aromatic rings. The molecule has 0 radical (unpaired) electrons. The first-order valence-electron chi connectivity index (χ1n) is 8.44. The largest absolute Gasteiger partial charge is 0.490 e. The van der Waals surface area contributed by atoms with E-state index >= 15 is 0 Å². The molecule has 6 nitrogen and oxygen atoms in total. The summed E-state index contributed by atoms with van der Waals surface area (Å²) < 4.78 is 11.3. The number of nitrogens with zero attached hydrogens (tertiary/aromatic N) is 1. The van der Waals surface area contributed by atoms with E-state index in [-0.39, 0.29) is 23.2 Å². The summed E-state index contributed by atoms with van der Waals surface area (Å²) in [6.45, 7) is 4.12. The molecule has 0 unspecified atom stereocenters. The van der Waals surface area contributed by atoms with Crippen LogP contribution >= 0.6 is 27.7 Å². The first-order chi connectivity index (χ1) is 13.4. The number of nitrogens with one attached hydrogen (secondary N) is 1. The number of benzene rings is 2. The van der Waals surface area contributed by atoms with Gasteiger partial charge in [0.1, 0.15) is 0 Å². The molecule has 0 fully saturated rings. The minimum absolute atomic E-state index is 0.000670. The highest BCUT2D eigenvalue weighted by atomic mass is 79.9. The minimum atomic E-state index is -0.514. The standard InChI is InChI=1S/C20H19BrN2O4S/c1-3-26-17-9-14(10-22)8-16(21)20(17)27-19(25)12-28-11-18(24)23-15-6-4-13(2)5-7-15/h4-9H,3,11-12H2,1-2H3,(H,23,24). The summed E-state index contributed by atoms with van der Waals surface area (Å²) in [4.78, 5) is 24.1. The molecule has 146 valence electrons. The number of halogens is 1. The quantitative estimate of drug-likeness (QED) is 0.464. The molecular weight excluding hydrogens is 444 g/mol. The first-order valence-corrected chi connectivity index (χ1v) is 10.4. The average molecular weight is 463 g/mol. The van der Waals surface area contributed by atoms with Crippen LogP contribution in [-0.4, -0.2) is 30.0 Å². The molecule has 0 atom stereocenters. The smallest absolute Gasteiger partial charge is 0.321 e. The Labute approximate surface area is 176 Å². The second-order valence-corrected chi connectivity index (χ2v) is 7.55. The van der Waals surface area contributed by atoms with Crippen LogP contribution in [-0.2, 0) is 9.59 Å². The van der Waals surface area contributed by atoms with Crippen LogP contribution in [0.3, 0.4) is 0 Å². The van der Waals surface area contributed by atoms with Gasteiger partial charge in [0, 0.05) is 11.8 Å². The van der Waals surface area contributed by atoms with E-state index in [4.69, 9.17) is 14.7 Å². The molecule has 0 heterocycles. The normalized spacial score (nSPS) is 10.1. The van der Waals surface area contributed by atoms with Crippen molar-refractivity contribution in [3.63, 3.8) is 0 Å². The van der Waals surface area contributed by atoms with E-state index < -0.39 is 5.97 Å². The van der Waals surface area contributed by atoms with Crippen LogP contribution in [0.1, 0.15) is 18.1 Å². The number of hydrogen-bond donors (Lipinski definition) is 1. The van der Waals surface area contributed by atoms with E-state index in [1.165, 1.54) is 6.07 Å². The maximum absolute atomic E-state index is 12.1. The molecule has 0 aliphatic rings. The maximum Gasteiger partial charge on any atom is 0.321 e. The summed E-state index contributed by atoms with van der Waals surface area (Å²) in [5.41, 5.74) is 2.20. The monoisotopic (exact) mass is 462 g/mol. The van der Waals surface area contributed by atoms with Crippen LogP contribution in [0.2, 0.25) is 0 Å². The van der Waals surface area contributed by atoms with E-state index in [0.29, 0.717) is 28.1 Å². The van der Waals surface area contributed by atoms with Gasteiger partial charge < -0.3 is 14.8 Å². The van der Waals surface area contributed by atoms with E-state index in [2.05, 4.69) is 21.2 Å². The Morgan fingerprint density at radius 3 is 2.57 bits per heavy atom. The van der Waals surface area contributed by atoms with Gasteiger partial charge in [-0.3, -0.25) is 9.59 Å². The number of ether oxygens (including phenoxy) is 2. The molecule has 0 bridgehead atoms. The Kier molecular flexibility index (Phi) is 8.36. The summed E-state index contributed by atoms with van der Waals surface area (Å²) >= 11 is 4.44. The van der Waals surface area contributed by atoms with Crippen molar-refractivity contribution in [2.75, 3.05) is 23.4 Å². The van der Waals surface area contributed by atoms with Crippen molar-refractivity contribution in [3.8, 4) is 17.6 Å². The fourth-order valence-corrected chi connectivity index (χ4v) is 3.31. The molecule has 1 N–H and O–H groups in total. The van der Waals surface area contributed by atoms with Gasteiger partial charge in [-0.2, -0.15) is 5.26 Å². The second-order valence-electron chi connectivity index (χ2n) is 5.71. The molecule has 28 heavy (non-hydrogen) atoms. The van der Waals surface area contributed by atoms with Crippen molar-refractivity contribution in [2.24, 2.45) is 0 Å². The van der Waals surface area contributed by atoms with Crippen molar-refractivity contribution in [3.05, 3.63) is 52.0 Å². The highest BCUT2D eigenvalue weighted by molar-refractivity contribution is 9.10. The molecule has 1 amide bonds. The van der Waals surface area contributed by atoms with Crippen LogP contribution in [0.25, 0.3) is 0 Å². The summed E-state index contributed by atoms with van der Waals surface area (Å²) in [6, 6.07) is 12.5. The third-order valence-electron chi connectivity index (χ3n) is 3.44. The minimum Gasteiger partial charge on any atom is -0.490 e. The highest BCUT2D eigenvalue weighted by Crippen LogP contribution is 2.37. The average Bonchev–Trinajstić information content (AvgIpc) is 2.66. The summed E-state index contributed by atoms with van der Waals surface area (Å²) in [6.07, 6.45) is 0. The van der Waals surface area contributed by atoms with Gasteiger partial charge in [0.15, 0.2) is 11.5 Å². The van der Waals surface area contributed by atoms with Crippen molar-refractivity contribution in [2.45, 2.75) is 13.8 Å². The molecule has 2 rings (SSSR count). The summed E-state index contributed by atoms with van der Waals surface area (Å²) in [5, 5.41) is 11.8. The molecule has 2 aromatic carbocycles. The molecule has 0 aliphatic heterocycles. The molecule has 0 saturated heterocycles. The summed E-state index contributed by atoms with van der Waals surface area (Å²) in [7, 11) is 0. The molecule has 0 aliphatic carbocycles. The number of rotatable bonds is 8.